The number of sulfonamides is 1. The standard InChI is InChI=1S/C15H16N2O3S/c1-11-3-8-15(12(2)9-11)17-21(19,20)14-6-4-13(5-7-14)16-10-18/h3-10,17H,1-2H3,(H,16,18). The Bertz CT molecular complexity index is 753. The van der Waals surface area contributed by atoms with Crippen LogP contribution in [0.3, 0.4) is 0 Å². The van der Waals surface area contributed by atoms with E-state index < -0.39 is 10.0 Å². The first-order valence-electron chi connectivity index (χ1n) is 6.33. The molecule has 0 aromatic heterocycles. The molecule has 2 aromatic rings. The molecule has 2 N–H and O–H groups in total. The van der Waals surface area contributed by atoms with E-state index in [9.17, 15) is 13.2 Å². The molecule has 1 amide bonds. The zero-order chi connectivity index (χ0) is 15.5. The third-order valence-corrected chi connectivity index (χ3v) is 4.40. The van der Waals surface area contributed by atoms with Crippen LogP contribution < -0.4 is 10.0 Å². The zero-order valence-corrected chi connectivity index (χ0v) is 12.6. The summed E-state index contributed by atoms with van der Waals surface area (Å²) in [5, 5.41) is 2.46. The summed E-state index contributed by atoms with van der Waals surface area (Å²) < 4.78 is 27.2. The predicted octanol–water partition coefficient (Wildman–Crippen LogP) is 2.67. The van der Waals surface area contributed by atoms with Crippen LogP contribution in [0.25, 0.3) is 0 Å². The Balaban J connectivity index is 2.27. The van der Waals surface area contributed by atoms with Crippen LogP contribution in [-0.4, -0.2) is 14.8 Å². The highest BCUT2D eigenvalue weighted by Gasteiger charge is 2.15. The largest absolute Gasteiger partial charge is 0.329 e. The molecule has 0 aliphatic carbocycles. The maximum absolute atomic E-state index is 12.3. The number of rotatable bonds is 5. The van der Waals surface area contributed by atoms with Gasteiger partial charge < -0.3 is 5.32 Å². The maximum Gasteiger partial charge on any atom is 0.261 e. The second-order valence-corrected chi connectivity index (χ2v) is 6.39. The summed E-state index contributed by atoms with van der Waals surface area (Å²) in [4.78, 5) is 10.5. The maximum atomic E-state index is 12.3. The van der Waals surface area contributed by atoms with Crippen molar-refractivity contribution >= 4 is 27.8 Å². The van der Waals surface area contributed by atoms with E-state index in [0.29, 0.717) is 17.8 Å². The van der Waals surface area contributed by atoms with Crippen LogP contribution >= 0.6 is 0 Å². The minimum Gasteiger partial charge on any atom is -0.329 e. The Morgan fingerprint density at radius 1 is 1.00 bits per heavy atom. The molecule has 110 valence electrons. The van der Waals surface area contributed by atoms with Crippen molar-refractivity contribution < 1.29 is 13.2 Å². The molecule has 0 saturated heterocycles. The van der Waals surface area contributed by atoms with E-state index in [1.807, 2.05) is 26.0 Å². The zero-order valence-electron chi connectivity index (χ0n) is 11.8. The number of nitrogens with one attached hydrogen (secondary N) is 2. The number of benzene rings is 2. The van der Waals surface area contributed by atoms with Gasteiger partial charge in [0, 0.05) is 5.69 Å². The Morgan fingerprint density at radius 2 is 1.67 bits per heavy atom. The summed E-state index contributed by atoms with van der Waals surface area (Å²) in [6, 6.07) is 11.5. The third-order valence-electron chi connectivity index (χ3n) is 3.02. The Kier molecular flexibility index (Phi) is 4.28. The normalized spacial score (nSPS) is 11.0. The molecule has 0 unspecified atom stereocenters. The molecule has 0 atom stereocenters. The van der Waals surface area contributed by atoms with Crippen LogP contribution in [0.1, 0.15) is 11.1 Å². The highest BCUT2D eigenvalue weighted by Crippen LogP contribution is 2.21. The fourth-order valence-corrected chi connectivity index (χ4v) is 3.06. The van der Waals surface area contributed by atoms with Gasteiger partial charge >= 0.3 is 0 Å². The first-order valence-corrected chi connectivity index (χ1v) is 7.81. The number of anilines is 2. The van der Waals surface area contributed by atoms with Gasteiger partial charge in [-0.1, -0.05) is 17.7 Å². The third kappa shape index (κ3) is 3.61. The number of amides is 1. The highest BCUT2D eigenvalue weighted by molar-refractivity contribution is 7.92. The molecule has 5 nitrogen and oxygen atoms in total. The lowest BCUT2D eigenvalue weighted by Gasteiger charge is -2.11. The van der Waals surface area contributed by atoms with Crippen molar-refractivity contribution in [2.45, 2.75) is 18.7 Å². The fourth-order valence-electron chi connectivity index (χ4n) is 1.93. The Morgan fingerprint density at radius 3 is 2.24 bits per heavy atom. The highest BCUT2D eigenvalue weighted by atomic mass is 32.2. The van der Waals surface area contributed by atoms with Crippen LogP contribution in [0, 0.1) is 13.8 Å². The monoisotopic (exact) mass is 304 g/mol. The van der Waals surface area contributed by atoms with Gasteiger partial charge in [-0.2, -0.15) is 0 Å². The number of carbonyl (C=O) groups is 1. The molecule has 21 heavy (non-hydrogen) atoms. The molecule has 0 bridgehead atoms. The van der Waals surface area contributed by atoms with Crippen molar-refractivity contribution in [1.29, 1.82) is 0 Å². The van der Waals surface area contributed by atoms with Gasteiger partial charge in [-0.3, -0.25) is 9.52 Å². The van der Waals surface area contributed by atoms with Gasteiger partial charge in [0.25, 0.3) is 10.0 Å². The van der Waals surface area contributed by atoms with E-state index in [2.05, 4.69) is 10.0 Å². The quantitative estimate of drug-likeness (QED) is 0.834. The molecule has 2 rings (SSSR count). The number of aryl methyl sites for hydroxylation is 2. The van der Waals surface area contributed by atoms with E-state index in [1.54, 1.807) is 6.07 Å². The summed E-state index contributed by atoms with van der Waals surface area (Å²) in [6.45, 7) is 3.80. The molecule has 0 radical (unpaired) electrons. The Hall–Kier alpha value is -2.34. The van der Waals surface area contributed by atoms with Crippen molar-refractivity contribution in [3.05, 3.63) is 53.6 Å². The van der Waals surface area contributed by atoms with E-state index in [4.69, 9.17) is 0 Å². The number of hydrogen-bond acceptors (Lipinski definition) is 3. The SMILES string of the molecule is Cc1ccc(NS(=O)(=O)c2ccc(NC=O)cc2)c(C)c1. The molecule has 0 spiro atoms. The molecule has 0 aliphatic rings. The first-order chi connectivity index (χ1) is 9.92. The van der Waals surface area contributed by atoms with Crippen LogP contribution in [0.4, 0.5) is 11.4 Å². The second kappa shape index (κ2) is 5.97. The van der Waals surface area contributed by atoms with Crippen molar-refractivity contribution in [3.63, 3.8) is 0 Å². The molecule has 0 saturated carbocycles. The summed E-state index contributed by atoms with van der Waals surface area (Å²) in [5.74, 6) is 0. The first kappa shape index (κ1) is 15.1. The van der Waals surface area contributed by atoms with E-state index >= 15 is 0 Å². The topological polar surface area (TPSA) is 75.3 Å². The molecular weight excluding hydrogens is 288 g/mol. The molecule has 6 heteroatoms. The summed E-state index contributed by atoms with van der Waals surface area (Å²) in [5.41, 5.74) is 3.02. The average Bonchev–Trinajstić information content (AvgIpc) is 2.43. The van der Waals surface area contributed by atoms with Gasteiger partial charge in [0.1, 0.15) is 0 Å². The molecule has 0 fully saturated rings. The number of hydrogen-bond donors (Lipinski definition) is 2. The van der Waals surface area contributed by atoms with Crippen molar-refractivity contribution in [2.75, 3.05) is 10.0 Å². The molecule has 0 heterocycles. The van der Waals surface area contributed by atoms with E-state index in [0.717, 1.165) is 11.1 Å². The van der Waals surface area contributed by atoms with Crippen LogP contribution in [0.15, 0.2) is 47.4 Å². The van der Waals surface area contributed by atoms with Crippen LogP contribution in [-0.2, 0) is 14.8 Å². The van der Waals surface area contributed by atoms with Crippen LogP contribution in [0.5, 0.6) is 0 Å². The lowest BCUT2D eigenvalue weighted by atomic mass is 10.1. The summed E-state index contributed by atoms with van der Waals surface area (Å²) in [7, 11) is -3.65. The Labute approximate surface area is 124 Å². The predicted molar refractivity (Wildman–Crippen MR) is 82.9 cm³/mol. The smallest absolute Gasteiger partial charge is 0.261 e. The van der Waals surface area contributed by atoms with Gasteiger partial charge in [0.2, 0.25) is 6.41 Å². The molecular formula is C15H16N2O3S. The summed E-state index contributed by atoms with van der Waals surface area (Å²) in [6.07, 6.45) is 0.539. The number of carbonyl (C=O) groups excluding carboxylic acids is 1. The second-order valence-electron chi connectivity index (χ2n) is 4.71. The van der Waals surface area contributed by atoms with Gasteiger partial charge in [-0.05, 0) is 49.7 Å². The van der Waals surface area contributed by atoms with E-state index in [-0.39, 0.29) is 4.90 Å². The van der Waals surface area contributed by atoms with Gasteiger partial charge in [0.05, 0.1) is 10.6 Å². The lowest BCUT2D eigenvalue weighted by molar-refractivity contribution is -0.105. The van der Waals surface area contributed by atoms with Gasteiger partial charge in [-0.25, -0.2) is 8.42 Å². The van der Waals surface area contributed by atoms with Crippen molar-refractivity contribution in [2.24, 2.45) is 0 Å². The summed E-state index contributed by atoms with van der Waals surface area (Å²) >= 11 is 0. The van der Waals surface area contributed by atoms with E-state index in [1.165, 1.54) is 24.3 Å². The van der Waals surface area contributed by atoms with Gasteiger partial charge in [0.15, 0.2) is 0 Å². The fraction of sp³-hybridized carbons (Fsp3) is 0.133. The molecule has 2 aromatic carbocycles. The lowest BCUT2D eigenvalue weighted by Crippen LogP contribution is -2.13. The average molecular weight is 304 g/mol. The molecule has 0 aliphatic heterocycles. The van der Waals surface area contributed by atoms with Crippen LogP contribution in [0.2, 0.25) is 0 Å². The minimum atomic E-state index is -3.65. The van der Waals surface area contributed by atoms with Gasteiger partial charge in [-0.15, -0.1) is 0 Å². The minimum absolute atomic E-state index is 0.138. The van der Waals surface area contributed by atoms with Crippen molar-refractivity contribution in [3.8, 4) is 0 Å². The van der Waals surface area contributed by atoms with Crippen molar-refractivity contribution in [1.82, 2.24) is 0 Å².